The lowest BCUT2D eigenvalue weighted by molar-refractivity contribution is 0.0945. The second-order valence-corrected chi connectivity index (χ2v) is 3.66. The van der Waals surface area contributed by atoms with E-state index in [1.54, 1.807) is 0 Å². The van der Waals surface area contributed by atoms with E-state index in [1.807, 2.05) is 6.92 Å². The van der Waals surface area contributed by atoms with Gasteiger partial charge >= 0.3 is 0 Å². The third kappa shape index (κ3) is 3.49. The van der Waals surface area contributed by atoms with E-state index >= 15 is 0 Å². The molecule has 2 N–H and O–H groups in total. The number of halogens is 2. The minimum atomic E-state index is -0.839. The SMILES string of the molecule is CCNCCNC(=O)c1c(F)ccc(C)c1F. The van der Waals surface area contributed by atoms with Crippen molar-refractivity contribution < 1.29 is 13.6 Å². The van der Waals surface area contributed by atoms with Crippen molar-refractivity contribution in [1.29, 1.82) is 0 Å². The van der Waals surface area contributed by atoms with E-state index in [0.717, 1.165) is 12.6 Å². The quantitative estimate of drug-likeness (QED) is 0.770. The van der Waals surface area contributed by atoms with Crippen molar-refractivity contribution in [2.45, 2.75) is 13.8 Å². The lowest BCUT2D eigenvalue weighted by atomic mass is 10.1. The van der Waals surface area contributed by atoms with Gasteiger partial charge in [0.05, 0.1) is 0 Å². The molecule has 0 saturated carbocycles. The predicted octanol–water partition coefficient (Wildman–Crippen LogP) is 1.61. The average Bonchev–Trinajstić information content (AvgIpc) is 2.30. The van der Waals surface area contributed by atoms with Gasteiger partial charge in [-0.25, -0.2) is 8.78 Å². The maximum Gasteiger partial charge on any atom is 0.257 e. The Balaban J connectivity index is 2.72. The molecule has 0 heterocycles. The minimum Gasteiger partial charge on any atom is -0.351 e. The van der Waals surface area contributed by atoms with E-state index < -0.39 is 23.1 Å². The summed E-state index contributed by atoms with van der Waals surface area (Å²) < 4.78 is 26.9. The Morgan fingerprint density at radius 3 is 2.65 bits per heavy atom. The Labute approximate surface area is 99.2 Å². The van der Waals surface area contributed by atoms with Gasteiger partial charge in [0, 0.05) is 13.1 Å². The third-order valence-corrected chi connectivity index (χ3v) is 2.35. The van der Waals surface area contributed by atoms with E-state index in [9.17, 15) is 13.6 Å². The first-order valence-corrected chi connectivity index (χ1v) is 5.51. The normalized spacial score (nSPS) is 10.4. The topological polar surface area (TPSA) is 41.1 Å². The molecule has 0 spiro atoms. The summed E-state index contributed by atoms with van der Waals surface area (Å²) in [6.07, 6.45) is 0. The van der Waals surface area contributed by atoms with Crippen molar-refractivity contribution in [1.82, 2.24) is 10.6 Å². The zero-order valence-electron chi connectivity index (χ0n) is 9.94. The van der Waals surface area contributed by atoms with Crippen LogP contribution in [0.2, 0.25) is 0 Å². The molecule has 0 bridgehead atoms. The summed E-state index contributed by atoms with van der Waals surface area (Å²) in [5, 5.41) is 5.45. The van der Waals surface area contributed by atoms with E-state index in [-0.39, 0.29) is 5.56 Å². The largest absolute Gasteiger partial charge is 0.351 e. The summed E-state index contributed by atoms with van der Waals surface area (Å²) in [6, 6.07) is 2.40. The van der Waals surface area contributed by atoms with Crippen LogP contribution in [0.25, 0.3) is 0 Å². The highest BCUT2D eigenvalue weighted by atomic mass is 19.1. The van der Waals surface area contributed by atoms with Crippen LogP contribution in [0.5, 0.6) is 0 Å². The molecule has 0 fully saturated rings. The zero-order valence-corrected chi connectivity index (χ0v) is 9.94. The first-order valence-electron chi connectivity index (χ1n) is 5.51. The molecule has 94 valence electrons. The molecule has 1 aromatic carbocycles. The number of nitrogens with one attached hydrogen (secondary N) is 2. The summed E-state index contributed by atoms with van der Waals surface area (Å²) in [7, 11) is 0. The van der Waals surface area contributed by atoms with Crippen molar-refractivity contribution in [2.24, 2.45) is 0 Å². The van der Waals surface area contributed by atoms with Crippen LogP contribution >= 0.6 is 0 Å². The van der Waals surface area contributed by atoms with Gasteiger partial charge in [-0.1, -0.05) is 13.0 Å². The number of benzene rings is 1. The molecule has 1 amide bonds. The Bertz CT molecular complexity index is 408. The average molecular weight is 242 g/mol. The number of carbonyl (C=O) groups excluding carboxylic acids is 1. The van der Waals surface area contributed by atoms with E-state index in [1.165, 1.54) is 13.0 Å². The number of likely N-dealkylation sites (N-methyl/N-ethyl adjacent to an activating group) is 1. The van der Waals surface area contributed by atoms with Gasteiger partial charge in [-0.2, -0.15) is 0 Å². The summed E-state index contributed by atoms with van der Waals surface area (Å²) in [5.41, 5.74) is -0.260. The van der Waals surface area contributed by atoms with E-state index in [0.29, 0.717) is 13.1 Å². The van der Waals surface area contributed by atoms with Crippen molar-refractivity contribution >= 4 is 5.91 Å². The number of hydrogen-bond acceptors (Lipinski definition) is 2. The number of hydrogen-bond donors (Lipinski definition) is 2. The molecule has 0 aromatic heterocycles. The second kappa shape index (κ2) is 6.30. The molecule has 0 saturated heterocycles. The maximum atomic E-state index is 13.6. The molecule has 1 aromatic rings. The van der Waals surface area contributed by atoms with Gasteiger partial charge in [-0.05, 0) is 25.1 Å². The van der Waals surface area contributed by atoms with Crippen LogP contribution in [0.4, 0.5) is 8.78 Å². The molecule has 0 aliphatic rings. The number of aryl methyl sites for hydroxylation is 1. The molecular formula is C12H16F2N2O. The zero-order chi connectivity index (χ0) is 12.8. The van der Waals surface area contributed by atoms with Gasteiger partial charge in [0.1, 0.15) is 17.2 Å². The molecule has 5 heteroatoms. The minimum absolute atomic E-state index is 0.253. The molecule has 0 atom stereocenters. The van der Waals surface area contributed by atoms with Gasteiger partial charge in [0.15, 0.2) is 0 Å². The molecule has 17 heavy (non-hydrogen) atoms. The highest BCUT2D eigenvalue weighted by Gasteiger charge is 2.18. The van der Waals surface area contributed by atoms with Crippen molar-refractivity contribution in [2.75, 3.05) is 19.6 Å². The smallest absolute Gasteiger partial charge is 0.257 e. The maximum absolute atomic E-state index is 13.6. The number of amides is 1. The van der Waals surface area contributed by atoms with Gasteiger partial charge in [-0.15, -0.1) is 0 Å². The lowest BCUT2D eigenvalue weighted by Crippen LogP contribution is -2.32. The van der Waals surface area contributed by atoms with E-state index in [2.05, 4.69) is 10.6 Å². The van der Waals surface area contributed by atoms with Crippen LogP contribution < -0.4 is 10.6 Å². The van der Waals surface area contributed by atoms with Crippen LogP contribution in [0.3, 0.4) is 0 Å². The molecule has 0 aliphatic heterocycles. The van der Waals surface area contributed by atoms with Crippen LogP contribution in [0.15, 0.2) is 12.1 Å². The van der Waals surface area contributed by atoms with Crippen molar-refractivity contribution in [3.63, 3.8) is 0 Å². The van der Waals surface area contributed by atoms with Crippen LogP contribution in [0.1, 0.15) is 22.8 Å². The lowest BCUT2D eigenvalue weighted by Gasteiger charge is -2.08. The van der Waals surface area contributed by atoms with Gasteiger partial charge in [0.25, 0.3) is 5.91 Å². The number of carbonyl (C=O) groups is 1. The fraction of sp³-hybridized carbons (Fsp3) is 0.417. The second-order valence-electron chi connectivity index (χ2n) is 3.66. The monoisotopic (exact) mass is 242 g/mol. The molecule has 0 unspecified atom stereocenters. The number of rotatable bonds is 5. The standard InChI is InChI=1S/C12H16F2N2O/c1-3-15-6-7-16-12(17)10-9(13)5-4-8(2)11(10)14/h4-5,15H,3,6-7H2,1-2H3,(H,16,17). The van der Waals surface area contributed by atoms with Crippen molar-refractivity contribution in [3.05, 3.63) is 34.9 Å². The predicted molar refractivity (Wildman–Crippen MR) is 62.0 cm³/mol. The van der Waals surface area contributed by atoms with Crippen molar-refractivity contribution in [3.8, 4) is 0 Å². The van der Waals surface area contributed by atoms with Crippen LogP contribution in [0, 0.1) is 18.6 Å². The van der Waals surface area contributed by atoms with Gasteiger partial charge in [0.2, 0.25) is 0 Å². The van der Waals surface area contributed by atoms with Gasteiger partial charge < -0.3 is 10.6 Å². The Morgan fingerprint density at radius 1 is 1.29 bits per heavy atom. The Hall–Kier alpha value is -1.49. The summed E-state index contributed by atoms with van der Waals surface area (Å²) in [4.78, 5) is 11.6. The Kier molecular flexibility index (Phi) is 5.03. The first-order chi connectivity index (χ1) is 8.07. The summed E-state index contributed by atoms with van der Waals surface area (Å²) in [6.45, 7) is 5.10. The molecular weight excluding hydrogens is 226 g/mol. The highest BCUT2D eigenvalue weighted by molar-refractivity contribution is 5.94. The van der Waals surface area contributed by atoms with Gasteiger partial charge in [-0.3, -0.25) is 4.79 Å². The highest BCUT2D eigenvalue weighted by Crippen LogP contribution is 2.15. The van der Waals surface area contributed by atoms with Crippen LogP contribution in [-0.4, -0.2) is 25.5 Å². The molecule has 3 nitrogen and oxygen atoms in total. The third-order valence-electron chi connectivity index (χ3n) is 2.35. The first kappa shape index (κ1) is 13.6. The van der Waals surface area contributed by atoms with E-state index in [4.69, 9.17) is 0 Å². The molecule has 1 rings (SSSR count). The molecule has 0 aliphatic carbocycles. The summed E-state index contributed by atoms with van der Waals surface area (Å²) in [5.74, 6) is -2.36. The summed E-state index contributed by atoms with van der Waals surface area (Å²) >= 11 is 0. The fourth-order valence-electron chi connectivity index (χ4n) is 1.39. The fourth-order valence-corrected chi connectivity index (χ4v) is 1.39. The van der Waals surface area contributed by atoms with Crippen LogP contribution in [-0.2, 0) is 0 Å². The molecule has 0 radical (unpaired) electrons. The Morgan fingerprint density at radius 2 is 2.00 bits per heavy atom.